The SMILES string of the molecule is CN1CN(N)N=C1NCC1CCN(CCCC(=O)c2ccc(F)cc2)CC1. The lowest BCUT2D eigenvalue weighted by Gasteiger charge is -2.32. The predicted molar refractivity (Wildman–Crippen MR) is 103 cm³/mol. The van der Waals surface area contributed by atoms with Crippen LogP contribution in [0.15, 0.2) is 29.4 Å². The highest BCUT2D eigenvalue weighted by Gasteiger charge is 2.22. The molecule has 2 aliphatic rings. The maximum atomic E-state index is 12.9. The molecule has 0 spiro atoms. The van der Waals surface area contributed by atoms with Crippen molar-refractivity contribution in [3.05, 3.63) is 35.6 Å². The Morgan fingerprint density at radius 3 is 2.63 bits per heavy atom. The number of benzene rings is 1. The van der Waals surface area contributed by atoms with E-state index in [-0.39, 0.29) is 11.6 Å². The molecule has 0 unspecified atom stereocenters. The van der Waals surface area contributed by atoms with Crippen LogP contribution in [0.5, 0.6) is 0 Å². The topological polar surface area (TPSA) is 77.2 Å². The average molecular weight is 376 g/mol. The van der Waals surface area contributed by atoms with Crippen molar-refractivity contribution in [3.8, 4) is 0 Å². The van der Waals surface area contributed by atoms with Gasteiger partial charge in [-0.25, -0.2) is 15.4 Å². The van der Waals surface area contributed by atoms with Gasteiger partial charge < -0.3 is 15.1 Å². The highest BCUT2D eigenvalue weighted by molar-refractivity contribution is 5.95. The van der Waals surface area contributed by atoms with Gasteiger partial charge in [-0.15, -0.1) is 5.10 Å². The number of ketones is 1. The van der Waals surface area contributed by atoms with Gasteiger partial charge in [0.2, 0.25) is 5.96 Å². The van der Waals surface area contributed by atoms with Crippen LogP contribution in [0.2, 0.25) is 0 Å². The van der Waals surface area contributed by atoms with Gasteiger partial charge >= 0.3 is 0 Å². The number of carbonyl (C=O) groups excluding carboxylic acids is 1. The summed E-state index contributed by atoms with van der Waals surface area (Å²) in [5.74, 6) is 6.91. The fourth-order valence-corrected chi connectivity index (χ4v) is 3.58. The monoisotopic (exact) mass is 376 g/mol. The molecule has 3 N–H and O–H groups in total. The summed E-state index contributed by atoms with van der Waals surface area (Å²) in [6.07, 6.45) is 3.63. The van der Waals surface area contributed by atoms with Crippen LogP contribution >= 0.6 is 0 Å². The number of nitrogens with two attached hydrogens (primary N) is 1. The van der Waals surface area contributed by atoms with E-state index < -0.39 is 0 Å². The molecular weight excluding hydrogens is 347 g/mol. The molecular formula is C19H29FN6O. The fraction of sp³-hybridized carbons (Fsp3) is 0.579. The molecule has 2 heterocycles. The van der Waals surface area contributed by atoms with E-state index in [0.717, 1.165) is 51.4 Å². The fourth-order valence-electron chi connectivity index (χ4n) is 3.58. The standard InChI is InChI=1S/C19H29FN6O/c1-24-14-26(21)23-19(24)22-13-15-8-11-25(12-9-15)10-2-3-18(27)16-4-6-17(20)7-5-16/h4-7,15H,2-3,8-14,21H2,1H3,(H,22,23). The lowest BCUT2D eigenvalue weighted by atomic mass is 9.96. The summed E-state index contributed by atoms with van der Waals surface area (Å²) in [5.41, 5.74) is 0.594. The summed E-state index contributed by atoms with van der Waals surface area (Å²) in [6.45, 7) is 4.57. The molecule has 148 valence electrons. The minimum Gasteiger partial charge on any atom is -0.354 e. The molecule has 1 aromatic carbocycles. The first-order valence-corrected chi connectivity index (χ1v) is 9.58. The Kier molecular flexibility index (Phi) is 6.63. The highest BCUT2D eigenvalue weighted by Crippen LogP contribution is 2.17. The third-order valence-corrected chi connectivity index (χ3v) is 5.24. The zero-order valence-electron chi connectivity index (χ0n) is 15.9. The van der Waals surface area contributed by atoms with Gasteiger partial charge in [-0.3, -0.25) is 4.79 Å². The normalized spacial score (nSPS) is 18.7. The van der Waals surface area contributed by atoms with Gasteiger partial charge in [0.15, 0.2) is 5.78 Å². The maximum Gasteiger partial charge on any atom is 0.219 e. The zero-order valence-corrected chi connectivity index (χ0v) is 15.9. The van der Waals surface area contributed by atoms with Crippen molar-refractivity contribution in [2.24, 2.45) is 16.9 Å². The Bertz CT molecular complexity index is 657. The van der Waals surface area contributed by atoms with Gasteiger partial charge in [0.05, 0.1) is 0 Å². The third kappa shape index (κ3) is 5.64. The molecule has 1 aromatic rings. The number of Topliss-reactive ketones (excluding diaryl/α,β-unsaturated/α-hetero) is 1. The number of halogens is 1. The molecule has 3 rings (SSSR count). The minimum absolute atomic E-state index is 0.0875. The van der Waals surface area contributed by atoms with E-state index in [0.29, 0.717) is 24.6 Å². The molecule has 0 radical (unpaired) electrons. The number of carbonyl (C=O) groups is 1. The molecule has 7 nitrogen and oxygen atoms in total. The number of piperidine rings is 1. The summed E-state index contributed by atoms with van der Waals surface area (Å²) >= 11 is 0. The smallest absolute Gasteiger partial charge is 0.219 e. The van der Waals surface area contributed by atoms with E-state index in [9.17, 15) is 9.18 Å². The average Bonchev–Trinajstić information content (AvgIpc) is 2.99. The van der Waals surface area contributed by atoms with Crippen molar-refractivity contribution in [2.45, 2.75) is 25.7 Å². The number of hydrogen-bond donors (Lipinski definition) is 2. The minimum atomic E-state index is -0.309. The number of guanidine groups is 1. The van der Waals surface area contributed by atoms with Crippen LogP contribution < -0.4 is 11.2 Å². The van der Waals surface area contributed by atoms with E-state index in [4.69, 9.17) is 5.84 Å². The Labute approximate surface area is 159 Å². The summed E-state index contributed by atoms with van der Waals surface area (Å²) in [7, 11) is 1.97. The Morgan fingerprint density at radius 2 is 2.00 bits per heavy atom. The van der Waals surface area contributed by atoms with Crippen LogP contribution in [0.3, 0.4) is 0 Å². The van der Waals surface area contributed by atoms with Crippen LogP contribution in [-0.2, 0) is 0 Å². The van der Waals surface area contributed by atoms with Gasteiger partial charge in [-0.05, 0) is 69.1 Å². The van der Waals surface area contributed by atoms with Gasteiger partial charge in [-0.2, -0.15) is 0 Å². The van der Waals surface area contributed by atoms with Crippen molar-refractivity contribution in [1.29, 1.82) is 0 Å². The Morgan fingerprint density at radius 1 is 1.30 bits per heavy atom. The second kappa shape index (κ2) is 9.14. The van der Waals surface area contributed by atoms with E-state index in [1.54, 1.807) is 12.1 Å². The highest BCUT2D eigenvalue weighted by atomic mass is 19.1. The molecule has 27 heavy (non-hydrogen) atoms. The third-order valence-electron chi connectivity index (χ3n) is 5.24. The molecule has 1 saturated heterocycles. The zero-order chi connectivity index (χ0) is 19.2. The van der Waals surface area contributed by atoms with E-state index in [2.05, 4.69) is 15.3 Å². The van der Waals surface area contributed by atoms with E-state index in [1.807, 2.05) is 11.9 Å². The predicted octanol–water partition coefficient (Wildman–Crippen LogP) is 1.44. The first-order chi connectivity index (χ1) is 13.0. The van der Waals surface area contributed by atoms with Crippen molar-refractivity contribution in [1.82, 2.24) is 20.2 Å². The number of hydrazone groups is 1. The molecule has 2 aliphatic heterocycles. The number of likely N-dealkylation sites (tertiary alicyclic amines) is 1. The molecule has 1 fully saturated rings. The van der Waals surface area contributed by atoms with E-state index in [1.165, 1.54) is 17.3 Å². The number of rotatable bonds is 7. The van der Waals surface area contributed by atoms with Crippen molar-refractivity contribution >= 4 is 11.7 Å². The van der Waals surface area contributed by atoms with Gasteiger partial charge in [0, 0.05) is 25.6 Å². The lowest BCUT2D eigenvalue weighted by Crippen LogP contribution is -2.42. The molecule has 0 aromatic heterocycles. The number of nitrogens with zero attached hydrogens (tertiary/aromatic N) is 4. The first-order valence-electron chi connectivity index (χ1n) is 9.58. The summed E-state index contributed by atoms with van der Waals surface area (Å²) in [5, 5.41) is 9.05. The van der Waals surface area contributed by atoms with E-state index >= 15 is 0 Å². The van der Waals surface area contributed by atoms with Gasteiger partial charge in [0.1, 0.15) is 12.5 Å². The molecule has 0 atom stereocenters. The maximum absolute atomic E-state index is 12.9. The molecule has 0 bridgehead atoms. The van der Waals surface area contributed by atoms with Crippen molar-refractivity contribution in [3.63, 3.8) is 0 Å². The number of hydrogen-bond acceptors (Lipinski definition) is 7. The molecule has 8 heteroatoms. The van der Waals surface area contributed by atoms with Gasteiger partial charge in [-0.1, -0.05) is 0 Å². The second-order valence-corrected chi connectivity index (χ2v) is 7.40. The van der Waals surface area contributed by atoms with Crippen LogP contribution in [0.25, 0.3) is 0 Å². The number of hydrazine groups is 1. The van der Waals surface area contributed by atoms with Gasteiger partial charge in [0.25, 0.3) is 0 Å². The number of nitrogens with one attached hydrogen (secondary N) is 1. The molecule has 0 saturated carbocycles. The first kappa shape index (κ1) is 19.6. The second-order valence-electron chi connectivity index (χ2n) is 7.40. The quantitative estimate of drug-likeness (QED) is 0.554. The van der Waals surface area contributed by atoms with Crippen molar-refractivity contribution in [2.75, 3.05) is 39.9 Å². The summed E-state index contributed by atoms with van der Waals surface area (Å²) in [4.78, 5) is 16.6. The van der Waals surface area contributed by atoms with Crippen LogP contribution in [0.1, 0.15) is 36.0 Å². The Hall–Kier alpha value is -2.19. The summed E-state index contributed by atoms with van der Waals surface area (Å²) in [6, 6.07) is 5.80. The molecule has 0 aliphatic carbocycles. The largest absolute Gasteiger partial charge is 0.354 e. The van der Waals surface area contributed by atoms with Crippen LogP contribution in [0, 0.1) is 11.7 Å². The molecule has 0 amide bonds. The van der Waals surface area contributed by atoms with Crippen LogP contribution in [0.4, 0.5) is 4.39 Å². The van der Waals surface area contributed by atoms with Crippen LogP contribution in [-0.4, -0.2) is 66.6 Å². The summed E-state index contributed by atoms with van der Waals surface area (Å²) < 4.78 is 12.9. The Balaban J connectivity index is 1.31. The van der Waals surface area contributed by atoms with Crippen molar-refractivity contribution < 1.29 is 9.18 Å². The lowest BCUT2D eigenvalue weighted by molar-refractivity contribution is 0.0970.